The molecule has 3 rings (SSSR count). The Morgan fingerprint density at radius 2 is 1.48 bits per heavy atom. The largest absolute Gasteiger partial charge is 0.463 e. The first-order chi connectivity index (χ1) is 21.4. The molecule has 0 saturated carbocycles. The molecule has 0 radical (unpaired) electrons. The van der Waals surface area contributed by atoms with Gasteiger partial charge in [0.05, 0.1) is 12.7 Å². The number of aryl methyl sites for hydroxylation is 3. The van der Waals surface area contributed by atoms with Gasteiger partial charge in [-0.2, -0.15) is 0 Å². The maximum absolute atomic E-state index is 11.7. The van der Waals surface area contributed by atoms with E-state index in [1.165, 1.54) is 33.9 Å². The Morgan fingerprint density at radius 1 is 0.870 bits per heavy atom. The maximum atomic E-state index is 11.7. The quantitative estimate of drug-likeness (QED) is 0.106. The van der Waals surface area contributed by atoms with Gasteiger partial charge in [0.25, 0.3) is 0 Å². The van der Waals surface area contributed by atoms with E-state index in [1.54, 1.807) is 13.0 Å². The SMILES string of the molecule is CCOC(=O)C=Cc1ccc(-c2ccc(C(CC)(CC)c3ccc(CCC(O[Si](C)(C)C(C)(C)C)C(C)(C)C)c(C)c3)cc2C)o1. The van der Waals surface area contributed by atoms with Gasteiger partial charge in [-0.3, -0.25) is 0 Å². The molecule has 1 heterocycles. The molecule has 3 aromatic rings. The lowest BCUT2D eigenvalue weighted by atomic mass is 9.69. The fraction of sp³-hybridized carbons (Fsp3) is 0.537. The van der Waals surface area contributed by atoms with Gasteiger partial charge >= 0.3 is 5.97 Å². The van der Waals surface area contributed by atoms with E-state index in [0.717, 1.165) is 37.0 Å². The Bertz CT molecular complexity index is 1490. The van der Waals surface area contributed by atoms with E-state index in [2.05, 4.69) is 119 Å². The van der Waals surface area contributed by atoms with Crippen LogP contribution < -0.4 is 0 Å². The topological polar surface area (TPSA) is 48.7 Å². The van der Waals surface area contributed by atoms with Crippen LogP contribution in [-0.4, -0.2) is 27.0 Å². The highest BCUT2D eigenvalue weighted by Crippen LogP contribution is 2.43. The average Bonchev–Trinajstić information content (AvgIpc) is 3.43. The summed E-state index contributed by atoms with van der Waals surface area (Å²) in [6.07, 6.45) is 7.34. The maximum Gasteiger partial charge on any atom is 0.330 e. The van der Waals surface area contributed by atoms with Crippen molar-refractivity contribution in [2.45, 2.75) is 131 Å². The van der Waals surface area contributed by atoms with Gasteiger partial charge in [0, 0.05) is 17.1 Å². The summed E-state index contributed by atoms with van der Waals surface area (Å²) in [5.41, 5.74) is 7.70. The van der Waals surface area contributed by atoms with Crippen LogP contribution in [-0.2, 0) is 25.8 Å². The average molecular weight is 645 g/mol. The van der Waals surface area contributed by atoms with Crippen LogP contribution in [0.25, 0.3) is 17.4 Å². The molecule has 252 valence electrons. The third kappa shape index (κ3) is 8.71. The van der Waals surface area contributed by atoms with E-state index >= 15 is 0 Å². The molecule has 5 heteroatoms. The zero-order chi connectivity index (χ0) is 34.5. The molecule has 0 aliphatic heterocycles. The van der Waals surface area contributed by atoms with E-state index in [1.807, 2.05) is 12.1 Å². The third-order valence-corrected chi connectivity index (χ3v) is 14.8. The van der Waals surface area contributed by atoms with Crippen molar-refractivity contribution in [1.82, 2.24) is 0 Å². The summed E-state index contributed by atoms with van der Waals surface area (Å²) in [6, 6.07) is 17.8. The van der Waals surface area contributed by atoms with Crippen LogP contribution in [0.3, 0.4) is 0 Å². The lowest BCUT2D eigenvalue weighted by Gasteiger charge is -2.43. The number of carbonyl (C=O) groups excluding carboxylic acids is 1. The van der Waals surface area contributed by atoms with Gasteiger partial charge in [0.2, 0.25) is 0 Å². The first kappa shape index (κ1) is 37.6. The number of furan rings is 1. The van der Waals surface area contributed by atoms with Crippen LogP contribution in [0.15, 0.2) is 59.0 Å². The number of rotatable bonds is 13. The molecule has 2 aromatic carbocycles. The molecule has 0 bridgehead atoms. The van der Waals surface area contributed by atoms with Crippen molar-refractivity contribution < 1.29 is 18.4 Å². The van der Waals surface area contributed by atoms with Gasteiger partial charge in [0.15, 0.2) is 8.32 Å². The van der Waals surface area contributed by atoms with Crippen molar-refractivity contribution in [3.8, 4) is 11.3 Å². The van der Waals surface area contributed by atoms with Gasteiger partial charge in [-0.15, -0.1) is 0 Å². The van der Waals surface area contributed by atoms with Crippen LogP contribution in [0.2, 0.25) is 18.1 Å². The van der Waals surface area contributed by atoms with Crippen LogP contribution in [0.1, 0.15) is 115 Å². The molecule has 0 amide bonds. The standard InChI is InChI=1S/C41H60O4Si/c1-14-41(15-2,33-20-23-35(30(5)28-33)36-24-21-34(44-36)22-26-38(42)43-16-3)32-19-17-31(29(4)27-32)18-25-37(39(6,7)8)45-46(12,13)40(9,10)11/h17,19-24,26-28,37H,14-16,18,25H2,1-13H3. The Hall–Kier alpha value is -2.89. The number of hydrogen-bond donors (Lipinski definition) is 0. The lowest BCUT2D eigenvalue weighted by Crippen LogP contribution is -2.47. The van der Waals surface area contributed by atoms with Crippen LogP contribution in [0.4, 0.5) is 0 Å². The second-order valence-electron chi connectivity index (χ2n) is 15.5. The molecule has 0 aliphatic carbocycles. The number of ether oxygens (including phenoxy) is 1. The van der Waals surface area contributed by atoms with E-state index in [0.29, 0.717) is 12.4 Å². The summed E-state index contributed by atoms with van der Waals surface area (Å²) >= 11 is 0. The summed E-state index contributed by atoms with van der Waals surface area (Å²) in [5, 5.41) is 0.192. The molecule has 0 saturated heterocycles. The Labute approximate surface area is 281 Å². The highest BCUT2D eigenvalue weighted by atomic mass is 28.4. The summed E-state index contributed by atoms with van der Waals surface area (Å²) < 4.78 is 18.0. The Balaban J connectivity index is 1.86. The molecule has 0 aliphatic rings. The first-order valence-electron chi connectivity index (χ1n) is 17.2. The monoisotopic (exact) mass is 644 g/mol. The van der Waals surface area contributed by atoms with E-state index in [4.69, 9.17) is 13.6 Å². The van der Waals surface area contributed by atoms with E-state index < -0.39 is 8.32 Å². The molecule has 0 spiro atoms. The minimum Gasteiger partial charge on any atom is -0.463 e. The van der Waals surface area contributed by atoms with E-state index in [9.17, 15) is 4.79 Å². The van der Waals surface area contributed by atoms with Gasteiger partial charge in [-0.05, 0) is 116 Å². The molecule has 0 fully saturated rings. The minimum absolute atomic E-state index is 0.0807. The highest BCUT2D eigenvalue weighted by molar-refractivity contribution is 6.74. The fourth-order valence-electron chi connectivity index (χ4n) is 6.16. The third-order valence-electron chi connectivity index (χ3n) is 10.3. The van der Waals surface area contributed by atoms with Gasteiger partial charge < -0.3 is 13.6 Å². The lowest BCUT2D eigenvalue weighted by molar-refractivity contribution is -0.137. The van der Waals surface area contributed by atoms with Gasteiger partial charge in [0.1, 0.15) is 11.5 Å². The number of esters is 1. The molecule has 46 heavy (non-hydrogen) atoms. The minimum atomic E-state index is -1.88. The van der Waals surface area contributed by atoms with E-state index in [-0.39, 0.29) is 27.9 Å². The highest BCUT2D eigenvalue weighted by Gasteiger charge is 2.41. The van der Waals surface area contributed by atoms with Crippen molar-refractivity contribution >= 4 is 20.4 Å². The number of benzene rings is 2. The first-order valence-corrected chi connectivity index (χ1v) is 20.1. The zero-order valence-corrected chi connectivity index (χ0v) is 32.0. The molecule has 1 aromatic heterocycles. The van der Waals surface area contributed by atoms with Crippen molar-refractivity contribution in [2.75, 3.05) is 6.61 Å². The Morgan fingerprint density at radius 3 is 2.00 bits per heavy atom. The van der Waals surface area contributed by atoms with Crippen molar-refractivity contribution in [3.63, 3.8) is 0 Å². The van der Waals surface area contributed by atoms with Gasteiger partial charge in [-0.1, -0.05) is 91.8 Å². The normalized spacial score (nSPS) is 13.8. The summed E-state index contributed by atoms with van der Waals surface area (Å²) in [5.74, 6) is 1.04. The number of hydrogen-bond acceptors (Lipinski definition) is 4. The second kappa shape index (κ2) is 14.9. The summed E-state index contributed by atoms with van der Waals surface area (Å²) in [4.78, 5) is 11.7. The van der Waals surface area contributed by atoms with Gasteiger partial charge in [-0.25, -0.2) is 4.79 Å². The smallest absolute Gasteiger partial charge is 0.330 e. The molecule has 1 unspecified atom stereocenters. The van der Waals surface area contributed by atoms with Crippen molar-refractivity contribution in [3.05, 3.63) is 88.2 Å². The van der Waals surface area contributed by atoms with Crippen LogP contribution in [0, 0.1) is 19.3 Å². The predicted octanol–water partition coefficient (Wildman–Crippen LogP) is 11.6. The van der Waals surface area contributed by atoms with Crippen molar-refractivity contribution in [1.29, 1.82) is 0 Å². The molecular formula is C41H60O4Si. The summed E-state index contributed by atoms with van der Waals surface area (Å²) in [7, 11) is -1.88. The zero-order valence-electron chi connectivity index (χ0n) is 31.0. The number of carbonyl (C=O) groups is 1. The molecular weight excluding hydrogens is 585 g/mol. The summed E-state index contributed by atoms with van der Waals surface area (Å²) in [6.45, 7) is 29.8. The van der Waals surface area contributed by atoms with Crippen LogP contribution in [0.5, 0.6) is 0 Å². The molecule has 4 nitrogen and oxygen atoms in total. The predicted molar refractivity (Wildman–Crippen MR) is 197 cm³/mol. The molecule has 0 N–H and O–H groups in total. The Kier molecular flexibility index (Phi) is 12.2. The molecule has 1 atom stereocenters. The fourth-order valence-corrected chi connectivity index (χ4v) is 7.70. The van der Waals surface area contributed by atoms with Crippen LogP contribution >= 0.6 is 0 Å². The second-order valence-corrected chi connectivity index (χ2v) is 20.3. The van der Waals surface area contributed by atoms with Crippen molar-refractivity contribution in [2.24, 2.45) is 5.41 Å².